The average Bonchev–Trinajstić information content (AvgIpc) is 2.69. The third-order valence-electron chi connectivity index (χ3n) is 4.54. The highest BCUT2D eigenvalue weighted by molar-refractivity contribution is 5.97. The molecule has 0 saturated carbocycles. The van der Waals surface area contributed by atoms with Crippen LogP contribution in [-0.4, -0.2) is 48.9 Å². The van der Waals surface area contributed by atoms with E-state index in [2.05, 4.69) is 10.2 Å². The summed E-state index contributed by atoms with van der Waals surface area (Å²) < 4.78 is 13.0. The molecule has 1 fully saturated rings. The van der Waals surface area contributed by atoms with Crippen LogP contribution in [0.25, 0.3) is 0 Å². The van der Waals surface area contributed by atoms with Gasteiger partial charge in [-0.05, 0) is 43.3 Å². The minimum atomic E-state index is -0.583. The van der Waals surface area contributed by atoms with Crippen molar-refractivity contribution in [3.63, 3.8) is 0 Å². The maximum atomic E-state index is 13.0. The zero-order valence-electron chi connectivity index (χ0n) is 14.7. The smallest absolute Gasteiger partial charge is 0.251 e. The fraction of sp³-hybridized carbons (Fsp3) is 0.300. The Labute approximate surface area is 152 Å². The van der Waals surface area contributed by atoms with Gasteiger partial charge in [-0.15, -0.1) is 0 Å². The van der Waals surface area contributed by atoms with Gasteiger partial charge < -0.3 is 15.1 Å². The molecule has 2 amide bonds. The molecule has 3 rings (SSSR count). The number of piperazine rings is 1. The molecule has 1 aliphatic rings. The van der Waals surface area contributed by atoms with Crippen molar-refractivity contribution >= 4 is 17.5 Å². The summed E-state index contributed by atoms with van der Waals surface area (Å²) in [5, 5.41) is 2.76. The highest BCUT2D eigenvalue weighted by Crippen LogP contribution is 2.17. The number of hydrogen-bond acceptors (Lipinski definition) is 3. The van der Waals surface area contributed by atoms with Crippen molar-refractivity contribution in [1.82, 2.24) is 10.2 Å². The van der Waals surface area contributed by atoms with Gasteiger partial charge in [-0.2, -0.15) is 0 Å². The van der Waals surface area contributed by atoms with Crippen molar-refractivity contribution in [2.45, 2.75) is 13.0 Å². The number of carbonyl (C=O) groups excluding carboxylic acids is 2. The molecule has 0 aromatic heterocycles. The third-order valence-corrected chi connectivity index (χ3v) is 4.54. The second-order valence-corrected chi connectivity index (χ2v) is 6.35. The van der Waals surface area contributed by atoms with Crippen LogP contribution in [0, 0.1) is 5.82 Å². The fourth-order valence-electron chi connectivity index (χ4n) is 3.04. The van der Waals surface area contributed by atoms with Crippen LogP contribution in [0.15, 0.2) is 54.6 Å². The van der Waals surface area contributed by atoms with Crippen molar-refractivity contribution in [2.24, 2.45) is 0 Å². The topological polar surface area (TPSA) is 52.7 Å². The van der Waals surface area contributed by atoms with Crippen LogP contribution in [0.2, 0.25) is 0 Å². The molecule has 1 aliphatic heterocycles. The number of amides is 2. The predicted molar refractivity (Wildman–Crippen MR) is 98.6 cm³/mol. The van der Waals surface area contributed by atoms with Crippen LogP contribution in [0.4, 0.5) is 10.1 Å². The van der Waals surface area contributed by atoms with E-state index in [4.69, 9.17) is 0 Å². The first kappa shape index (κ1) is 17.9. The standard InChI is InChI=1S/C20H22FN3O2/c1-15(22-19(25)16-5-3-2-4-6-16)20(26)24-13-11-23(12-14-24)18-9-7-17(21)8-10-18/h2-10,15H,11-14H2,1H3,(H,22,25)/t15-/m1/s1. The average molecular weight is 355 g/mol. The van der Waals surface area contributed by atoms with Crippen molar-refractivity contribution in [3.8, 4) is 0 Å². The lowest BCUT2D eigenvalue weighted by atomic mass is 10.2. The van der Waals surface area contributed by atoms with E-state index in [1.807, 2.05) is 6.07 Å². The van der Waals surface area contributed by atoms with Gasteiger partial charge in [0.15, 0.2) is 0 Å². The molecular weight excluding hydrogens is 333 g/mol. The van der Waals surface area contributed by atoms with Gasteiger partial charge in [0.25, 0.3) is 5.91 Å². The van der Waals surface area contributed by atoms with E-state index in [1.54, 1.807) is 48.2 Å². The monoisotopic (exact) mass is 355 g/mol. The molecule has 1 heterocycles. The molecule has 1 atom stereocenters. The lowest BCUT2D eigenvalue weighted by Gasteiger charge is -2.37. The number of rotatable bonds is 4. The van der Waals surface area contributed by atoms with Crippen LogP contribution in [0.3, 0.4) is 0 Å². The first-order chi connectivity index (χ1) is 12.5. The summed E-state index contributed by atoms with van der Waals surface area (Å²) >= 11 is 0. The zero-order valence-corrected chi connectivity index (χ0v) is 14.7. The summed E-state index contributed by atoms with van der Waals surface area (Å²) in [4.78, 5) is 28.7. The molecule has 0 radical (unpaired) electrons. The van der Waals surface area contributed by atoms with E-state index >= 15 is 0 Å². The van der Waals surface area contributed by atoms with E-state index in [-0.39, 0.29) is 17.6 Å². The molecule has 136 valence electrons. The molecule has 0 aliphatic carbocycles. The molecule has 2 aromatic rings. The minimum absolute atomic E-state index is 0.0898. The number of nitrogens with zero attached hydrogens (tertiary/aromatic N) is 2. The second kappa shape index (κ2) is 7.99. The second-order valence-electron chi connectivity index (χ2n) is 6.35. The fourth-order valence-corrected chi connectivity index (χ4v) is 3.04. The third kappa shape index (κ3) is 4.20. The first-order valence-corrected chi connectivity index (χ1v) is 8.70. The predicted octanol–water partition coefficient (Wildman–Crippen LogP) is 2.29. The Morgan fingerprint density at radius 3 is 2.19 bits per heavy atom. The number of benzene rings is 2. The molecular formula is C20H22FN3O2. The lowest BCUT2D eigenvalue weighted by Crippen LogP contribution is -2.54. The quantitative estimate of drug-likeness (QED) is 0.916. The van der Waals surface area contributed by atoms with Crippen molar-refractivity contribution in [2.75, 3.05) is 31.1 Å². The maximum Gasteiger partial charge on any atom is 0.251 e. The number of hydrogen-bond donors (Lipinski definition) is 1. The Balaban J connectivity index is 1.53. The van der Waals surface area contributed by atoms with E-state index in [0.717, 1.165) is 5.69 Å². The number of halogens is 1. The maximum absolute atomic E-state index is 13.0. The van der Waals surface area contributed by atoms with Crippen molar-refractivity contribution in [1.29, 1.82) is 0 Å². The van der Waals surface area contributed by atoms with Gasteiger partial charge in [0.1, 0.15) is 11.9 Å². The minimum Gasteiger partial charge on any atom is -0.368 e. The summed E-state index contributed by atoms with van der Waals surface area (Å²) in [6, 6.07) is 14.6. The number of anilines is 1. The lowest BCUT2D eigenvalue weighted by molar-refractivity contribution is -0.133. The Hall–Kier alpha value is -2.89. The van der Waals surface area contributed by atoms with E-state index < -0.39 is 6.04 Å². The van der Waals surface area contributed by atoms with Crippen LogP contribution in [0.1, 0.15) is 17.3 Å². The Morgan fingerprint density at radius 2 is 1.58 bits per heavy atom. The SMILES string of the molecule is C[C@@H](NC(=O)c1ccccc1)C(=O)N1CCN(c2ccc(F)cc2)CC1. The van der Waals surface area contributed by atoms with Crippen molar-refractivity contribution < 1.29 is 14.0 Å². The molecule has 26 heavy (non-hydrogen) atoms. The summed E-state index contributed by atoms with van der Waals surface area (Å²) in [5.74, 6) is -0.602. The van der Waals surface area contributed by atoms with Crippen LogP contribution >= 0.6 is 0 Å². The highest BCUT2D eigenvalue weighted by atomic mass is 19.1. The van der Waals surface area contributed by atoms with Crippen LogP contribution in [0.5, 0.6) is 0 Å². The van der Waals surface area contributed by atoms with Gasteiger partial charge in [-0.1, -0.05) is 18.2 Å². The molecule has 2 aromatic carbocycles. The largest absolute Gasteiger partial charge is 0.368 e. The first-order valence-electron chi connectivity index (χ1n) is 8.70. The molecule has 1 N–H and O–H groups in total. The van der Waals surface area contributed by atoms with E-state index in [1.165, 1.54) is 12.1 Å². The summed E-state index contributed by atoms with van der Waals surface area (Å²) in [5.41, 5.74) is 1.48. The molecule has 0 bridgehead atoms. The Kier molecular flexibility index (Phi) is 5.51. The normalized spacial score (nSPS) is 15.5. The summed E-state index contributed by atoms with van der Waals surface area (Å²) in [6.45, 7) is 4.20. The number of nitrogens with one attached hydrogen (secondary N) is 1. The molecule has 5 nitrogen and oxygen atoms in total. The highest BCUT2D eigenvalue weighted by Gasteiger charge is 2.26. The molecule has 1 saturated heterocycles. The zero-order chi connectivity index (χ0) is 18.5. The van der Waals surface area contributed by atoms with Gasteiger partial charge in [0.05, 0.1) is 0 Å². The van der Waals surface area contributed by atoms with Gasteiger partial charge in [0, 0.05) is 37.4 Å². The van der Waals surface area contributed by atoms with Gasteiger partial charge in [-0.3, -0.25) is 9.59 Å². The summed E-state index contributed by atoms with van der Waals surface area (Å²) in [7, 11) is 0. The van der Waals surface area contributed by atoms with Gasteiger partial charge in [-0.25, -0.2) is 4.39 Å². The molecule has 0 unspecified atom stereocenters. The van der Waals surface area contributed by atoms with Gasteiger partial charge >= 0.3 is 0 Å². The van der Waals surface area contributed by atoms with E-state index in [9.17, 15) is 14.0 Å². The Morgan fingerprint density at radius 1 is 0.962 bits per heavy atom. The molecule has 0 spiro atoms. The van der Waals surface area contributed by atoms with Crippen LogP contribution in [-0.2, 0) is 4.79 Å². The van der Waals surface area contributed by atoms with Crippen LogP contribution < -0.4 is 10.2 Å². The summed E-state index contributed by atoms with van der Waals surface area (Å²) in [6.07, 6.45) is 0. The Bertz CT molecular complexity index is 756. The molecule has 6 heteroatoms. The van der Waals surface area contributed by atoms with Gasteiger partial charge in [0.2, 0.25) is 5.91 Å². The van der Waals surface area contributed by atoms with E-state index in [0.29, 0.717) is 31.7 Å². The number of carbonyl (C=O) groups is 2. The van der Waals surface area contributed by atoms with Crippen molar-refractivity contribution in [3.05, 3.63) is 66.0 Å².